The predicted molar refractivity (Wildman–Crippen MR) is 113 cm³/mol. The van der Waals surface area contributed by atoms with Gasteiger partial charge < -0.3 is 9.15 Å². The number of hydrogen-bond donors (Lipinski definition) is 0. The molecule has 5 heteroatoms. The Bertz CT molecular complexity index is 1190. The summed E-state index contributed by atoms with van der Waals surface area (Å²) in [5.74, 6) is 0.605. The summed E-state index contributed by atoms with van der Waals surface area (Å²) in [5.41, 5.74) is 3.36. The molecule has 0 atom stereocenters. The molecule has 3 nitrogen and oxygen atoms in total. The van der Waals surface area contributed by atoms with Crippen molar-refractivity contribution in [3.63, 3.8) is 0 Å². The molecule has 0 fully saturated rings. The molecule has 28 heavy (non-hydrogen) atoms. The molecule has 1 aromatic heterocycles. The van der Waals surface area contributed by atoms with Crippen LogP contribution in [0.5, 0.6) is 5.75 Å². The van der Waals surface area contributed by atoms with E-state index < -0.39 is 5.63 Å². The van der Waals surface area contributed by atoms with Crippen molar-refractivity contribution in [1.29, 1.82) is 0 Å². The fraction of sp³-hybridized carbons (Fsp3) is 0.0870. The van der Waals surface area contributed by atoms with E-state index in [9.17, 15) is 4.79 Å². The third-order valence-corrected chi connectivity index (χ3v) is 5.18. The van der Waals surface area contributed by atoms with Gasteiger partial charge in [0.1, 0.15) is 17.9 Å². The van der Waals surface area contributed by atoms with Crippen molar-refractivity contribution in [1.82, 2.24) is 0 Å². The maximum Gasteiger partial charge on any atom is 0.336 e. The number of rotatable bonds is 4. The van der Waals surface area contributed by atoms with E-state index >= 15 is 0 Å². The highest BCUT2D eigenvalue weighted by Crippen LogP contribution is 2.36. The van der Waals surface area contributed by atoms with Crippen LogP contribution in [-0.4, -0.2) is 0 Å². The van der Waals surface area contributed by atoms with Gasteiger partial charge in [0, 0.05) is 27.2 Å². The predicted octanol–water partition coefficient (Wildman–Crippen LogP) is 6.65. The lowest BCUT2D eigenvalue weighted by Crippen LogP contribution is -2.02. The van der Waals surface area contributed by atoms with Gasteiger partial charge in [-0.15, -0.1) is 0 Å². The third kappa shape index (κ3) is 3.64. The molecule has 1 heterocycles. The molecule has 0 bridgehead atoms. The Kier molecular flexibility index (Phi) is 5.12. The normalized spacial score (nSPS) is 11.0. The van der Waals surface area contributed by atoms with E-state index in [4.69, 9.17) is 32.4 Å². The maximum absolute atomic E-state index is 12.1. The summed E-state index contributed by atoms with van der Waals surface area (Å²) in [4.78, 5) is 12.1. The van der Waals surface area contributed by atoms with Crippen molar-refractivity contribution in [2.75, 3.05) is 0 Å². The molecule has 4 aromatic rings. The molecule has 4 rings (SSSR count). The minimum absolute atomic E-state index is 0.199. The quantitative estimate of drug-likeness (QED) is 0.353. The zero-order chi connectivity index (χ0) is 19.7. The van der Waals surface area contributed by atoms with Crippen LogP contribution in [-0.2, 0) is 6.61 Å². The van der Waals surface area contributed by atoms with Crippen molar-refractivity contribution >= 4 is 34.2 Å². The molecule has 0 radical (unpaired) electrons. The van der Waals surface area contributed by atoms with Crippen molar-refractivity contribution in [2.24, 2.45) is 0 Å². The molecule has 0 unspecified atom stereocenters. The van der Waals surface area contributed by atoms with E-state index in [-0.39, 0.29) is 6.61 Å². The van der Waals surface area contributed by atoms with E-state index in [0.29, 0.717) is 26.9 Å². The van der Waals surface area contributed by atoms with Crippen LogP contribution in [0.25, 0.3) is 22.1 Å². The largest absolute Gasteiger partial charge is 0.488 e. The summed E-state index contributed by atoms with van der Waals surface area (Å²) in [7, 11) is 0. The summed E-state index contributed by atoms with van der Waals surface area (Å²) < 4.78 is 11.6. The summed E-state index contributed by atoms with van der Waals surface area (Å²) >= 11 is 12.5. The van der Waals surface area contributed by atoms with Gasteiger partial charge in [-0.2, -0.15) is 0 Å². The van der Waals surface area contributed by atoms with Crippen LogP contribution in [0.2, 0.25) is 10.0 Å². The first-order valence-corrected chi connectivity index (χ1v) is 9.48. The van der Waals surface area contributed by atoms with E-state index in [1.54, 1.807) is 18.2 Å². The van der Waals surface area contributed by atoms with E-state index in [0.717, 1.165) is 22.1 Å². The van der Waals surface area contributed by atoms with Gasteiger partial charge in [-0.3, -0.25) is 0 Å². The lowest BCUT2D eigenvalue weighted by atomic mass is 10.0. The summed E-state index contributed by atoms with van der Waals surface area (Å²) in [6, 6.07) is 20.2. The second kappa shape index (κ2) is 7.70. The van der Waals surface area contributed by atoms with Crippen LogP contribution < -0.4 is 10.4 Å². The molecule has 140 valence electrons. The third-order valence-electron chi connectivity index (χ3n) is 4.47. The molecular formula is C23H16Cl2O3. The van der Waals surface area contributed by atoms with Crippen LogP contribution in [0, 0.1) is 6.92 Å². The molecule has 0 aliphatic heterocycles. The first-order valence-electron chi connectivity index (χ1n) is 8.72. The summed E-state index contributed by atoms with van der Waals surface area (Å²) in [6.07, 6.45) is 0. The van der Waals surface area contributed by atoms with Gasteiger partial charge in [0.05, 0.1) is 5.39 Å². The van der Waals surface area contributed by atoms with Crippen LogP contribution in [0.15, 0.2) is 75.9 Å². The zero-order valence-electron chi connectivity index (χ0n) is 15.0. The van der Waals surface area contributed by atoms with Gasteiger partial charge in [-0.25, -0.2) is 4.79 Å². The first kappa shape index (κ1) is 18.6. The van der Waals surface area contributed by atoms with E-state index in [1.807, 2.05) is 49.4 Å². The number of ether oxygens (including phenoxy) is 1. The van der Waals surface area contributed by atoms with Gasteiger partial charge in [0.2, 0.25) is 0 Å². The van der Waals surface area contributed by atoms with Crippen LogP contribution in [0.1, 0.15) is 11.1 Å². The fourth-order valence-electron chi connectivity index (χ4n) is 3.17. The van der Waals surface area contributed by atoms with Gasteiger partial charge in [0.25, 0.3) is 0 Å². The highest BCUT2D eigenvalue weighted by molar-refractivity contribution is 6.35. The summed E-state index contributed by atoms with van der Waals surface area (Å²) in [6.45, 7) is 2.12. The second-order valence-electron chi connectivity index (χ2n) is 6.47. The number of benzene rings is 3. The summed E-state index contributed by atoms with van der Waals surface area (Å²) in [5, 5.41) is 1.82. The molecular weight excluding hydrogens is 395 g/mol. The Morgan fingerprint density at radius 1 is 0.929 bits per heavy atom. The molecule has 0 saturated carbocycles. The van der Waals surface area contributed by atoms with Gasteiger partial charge in [0.15, 0.2) is 0 Å². The van der Waals surface area contributed by atoms with Gasteiger partial charge in [-0.1, -0.05) is 59.6 Å². The van der Waals surface area contributed by atoms with E-state index in [1.165, 1.54) is 6.07 Å². The average molecular weight is 411 g/mol. The SMILES string of the molecule is Cc1cc(OCc2c(Cl)cccc2Cl)c2c(-c3ccccc3)cc(=O)oc2c1. The molecule has 3 aromatic carbocycles. The lowest BCUT2D eigenvalue weighted by Gasteiger charge is -2.14. The Morgan fingerprint density at radius 2 is 1.64 bits per heavy atom. The van der Waals surface area contributed by atoms with Crippen molar-refractivity contribution in [3.8, 4) is 16.9 Å². The average Bonchev–Trinajstić information content (AvgIpc) is 2.67. The number of fused-ring (bicyclic) bond motifs is 1. The Balaban J connectivity index is 1.87. The molecule has 0 aliphatic rings. The first-order chi connectivity index (χ1) is 13.5. The molecule has 0 saturated heterocycles. The van der Waals surface area contributed by atoms with Gasteiger partial charge >= 0.3 is 5.63 Å². The topological polar surface area (TPSA) is 39.4 Å². The Labute approximate surface area is 172 Å². The van der Waals surface area contributed by atoms with Crippen molar-refractivity contribution in [2.45, 2.75) is 13.5 Å². The molecule has 0 spiro atoms. The van der Waals surface area contributed by atoms with Crippen molar-refractivity contribution in [3.05, 3.63) is 98.3 Å². The Hall–Kier alpha value is -2.75. The van der Waals surface area contributed by atoms with Crippen LogP contribution >= 0.6 is 23.2 Å². The number of halogens is 2. The molecule has 0 N–H and O–H groups in total. The minimum atomic E-state index is -0.406. The number of hydrogen-bond acceptors (Lipinski definition) is 3. The highest BCUT2D eigenvalue weighted by Gasteiger charge is 2.15. The number of aryl methyl sites for hydroxylation is 1. The highest BCUT2D eigenvalue weighted by atomic mass is 35.5. The fourth-order valence-corrected chi connectivity index (χ4v) is 3.68. The minimum Gasteiger partial charge on any atom is -0.488 e. The van der Waals surface area contributed by atoms with Crippen LogP contribution in [0.4, 0.5) is 0 Å². The van der Waals surface area contributed by atoms with Crippen molar-refractivity contribution < 1.29 is 9.15 Å². The standard InChI is InChI=1S/C23H16Cl2O3/c1-14-10-20(27-13-17-18(24)8-5-9-19(17)25)23-16(15-6-3-2-4-7-15)12-22(26)28-21(23)11-14/h2-12H,13H2,1H3. The second-order valence-corrected chi connectivity index (χ2v) is 7.28. The van der Waals surface area contributed by atoms with Gasteiger partial charge in [-0.05, 0) is 42.3 Å². The Morgan fingerprint density at radius 3 is 2.36 bits per heavy atom. The smallest absolute Gasteiger partial charge is 0.336 e. The monoisotopic (exact) mass is 410 g/mol. The zero-order valence-corrected chi connectivity index (χ0v) is 16.6. The molecule has 0 amide bonds. The van der Waals surface area contributed by atoms with Crippen LogP contribution in [0.3, 0.4) is 0 Å². The lowest BCUT2D eigenvalue weighted by molar-refractivity contribution is 0.309. The van der Waals surface area contributed by atoms with E-state index in [2.05, 4.69) is 0 Å². The maximum atomic E-state index is 12.1. The molecule has 0 aliphatic carbocycles.